The van der Waals surface area contributed by atoms with Crippen LogP contribution in [0.15, 0.2) is 53.1 Å². The van der Waals surface area contributed by atoms with Gasteiger partial charge in [0.25, 0.3) is 11.8 Å². The van der Waals surface area contributed by atoms with Crippen LogP contribution in [0.1, 0.15) is 13.8 Å². The largest absolute Gasteiger partial charge is 0.496 e. The van der Waals surface area contributed by atoms with Gasteiger partial charge >= 0.3 is 0 Å². The minimum atomic E-state index is -0.173. The zero-order chi connectivity index (χ0) is 19.2. The highest BCUT2D eigenvalue weighted by molar-refractivity contribution is 5.77. The Balaban J connectivity index is 1.76. The molecule has 0 saturated carbocycles. The molecule has 0 fully saturated rings. The van der Waals surface area contributed by atoms with Gasteiger partial charge in [-0.15, -0.1) is 0 Å². The first-order chi connectivity index (χ1) is 13.1. The van der Waals surface area contributed by atoms with Crippen molar-refractivity contribution in [2.45, 2.75) is 19.9 Å². The van der Waals surface area contributed by atoms with Crippen molar-refractivity contribution in [2.24, 2.45) is 0 Å². The molecular formula is C20H21N3O4. The van der Waals surface area contributed by atoms with Crippen LogP contribution in [-0.2, 0) is 4.79 Å². The number of aromatic nitrogens is 2. The van der Waals surface area contributed by atoms with Crippen LogP contribution in [0.2, 0.25) is 0 Å². The van der Waals surface area contributed by atoms with E-state index in [1.807, 2.05) is 50.2 Å². The number of benzene rings is 2. The number of carbonyl (C=O) groups is 1. The number of nitrogens with zero attached hydrogens (tertiary/aromatic N) is 2. The summed E-state index contributed by atoms with van der Waals surface area (Å²) in [5.74, 6) is 1.82. The van der Waals surface area contributed by atoms with Gasteiger partial charge in [0.1, 0.15) is 11.5 Å². The first kappa shape index (κ1) is 18.4. The Morgan fingerprint density at radius 3 is 2.78 bits per heavy atom. The molecule has 7 heteroatoms. The number of nitrogens with one attached hydrogen (secondary N) is 1. The quantitative estimate of drug-likeness (QED) is 0.689. The second-order valence-corrected chi connectivity index (χ2v) is 6.16. The van der Waals surface area contributed by atoms with Gasteiger partial charge in [0.15, 0.2) is 6.61 Å². The number of methoxy groups -OCH3 is 1. The summed E-state index contributed by atoms with van der Waals surface area (Å²) in [5.41, 5.74) is 1.44. The van der Waals surface area contributed by atoms with Gasteiger partial charge in [-0.2, -0.15) is 4.98 Å². The van der Waals surface area contributed by atoms with E-state index < -0.39 is 0 Å². The Morgan fingerprint density at radius 1 is 1.19 bits per heavy atom. The van der Waals surface area contributed by atoms with Gasteiger partial charge in [-0.05, 0) is 38.1 Å². The predicted octanol–water partition coefficient (Wildman–Crippen LogP) is 3.32. The predicted molar refractivity (Wildman–Crippen MR) is 100 cm³/mol. The Bertz CT molecular complexity index is 921. The van der Waals surface area contributed by atoms with Crippen molar-refractivity contribution in [1.82, 2.24) is 15.5 Å². The second-order valence-electron chi connectivity index (χ2n) is 6.16. The van der Waals surface area contributed by atoms with E-state index in [1.165, 1.54) is 0 Å². The highest BCUT2D eigenvalue weighted by Gasteiger charge is 2.15. The third-order valence-electron chi connectivity index (χ3n) is 3.68. The van der Waals surface area contributed by atoms with Crippen molar-refractivity contribution in [1.29, 1.82) is 0 Å². The Hall–Kier alpha value is -3.35. The van der Waals surface area contributed by atoms with Crippen LogP contribution in [0.25, 0.3) is 22.8 Å². The van der Waals surface area contributed by atoms with Crippen LogP contribution < -0.4 is 14.8 Å². The van der Waals surface area contributed by atoms with Gasteiger partial charge in [0.05, 0.1) is 12.7 Å². The third kappa shape index (κ3) is 4.63. The lowest BCUT2D eigenvalue weighted by atomic mass is 10.2. The highest BCUT2D eigenvalue weighted by atomic mass is 16.5. The highest BCUT2D eigenvalue weighted by Crippen LogP contribution is 2.30. The average molecular weight is 367 g/mol. The zero-order valence-electron chi connectivity index (χ0n) is 15.4. The molecule has 0 saturated heterocycles. The summed E-state index contributed by atoms with van der Waals surface area (Å²) < 4.78 is 16.3. The van der Waals surface area contributed by atoms with Gasteiger partial charge in [-0.3, -0.25) is 4.79 Å². The molecule has 3 aromatic rings. The minimum Gasteiger partial charge on any atom is -0.496 e. The molecule has 0 aliphatic heterocycles. The summed E-state index contributed by atoms with van der Waals surface area (Å²) in [6.07, 6.45) is 0. The molecule has 27 heavy (non-hydrogen) atoms. The van der Waals surface area contributed by atoms with E-state index in [4.69, 9.17) is 14.0 Å². The number of para-hydroxylation sites is 1. The van der Waals surface area contributed by atoms with Gasteiger partial charge in [-0.1, -0.05) is 29.4 Å². The standard InChI is InChI=1S/C20H21N3O4/c1-13(2)21-18(24)12-26-15-8-6-7-14(11-15)19-22-20(27-23-19)16-9-4-5-10-17(16)25-3/h4-11,13H,12H2,1-3H3,(H,21,24). The third-order valence-corrected chi connectivity index (χ3v) is 3.68. The fraction of sp³-hybridized carbons (Fsp3) is 0.250. The molecule has 0 unspecified atom stereocenters. The summed E-state index contributed by atoms with van der Waals surface area (Å²) in [6.45, 7) is 3.74. The van der Waals surface area contributed by atoms with E-state index in [-0.39, 0.29) is 18.6 Å². The number of hydrogen-bond donors (Lipinski definition) is 1. The molecule has 0 aliphatic carbocycles. The van der Waals surface area contributed by atoms with E-state index in [9.17, 15) is 4.79 Å². The minimum absolute atomic E-state index is 0.0552. The van der Waals surface area contributed by atoms with Crippen molar-refractivity contribution in [2.75, 3.05) is 13.7 Å². The summed E-state index contributed by atoms with van der Waals surface area (Å²) >= 11 is 0. The first-order valence-electron chi connectivity index (χ1n) is 8.56. The lowest BCUT2D eigenvalue weighted by Crippen LogP contribution is -2.34. The fourth-order valence-electron chi connectivity index (χ4n) is 2.51. The summed E-state index contributed by atoms with van der Waals surface area (Å²) in [5, 5.41) is 6.81. The molecule has 2 aromatic carbocycles. The van der Waals surface area contributed by atoms with Crippen molar-refractivity contribution >= 4 is 5.91 Å². The molecule has 1 aromatic heterocycles. The Kier molecular flexibility index (Phi) is 5.71. The van der Waals surface area contributed by atoms with Crippen molar-refractivity contribution in [3.05, 3.63) is 48.5 Å². The molecule has 1 N–H and O–H groups in total. The normalized spacial score (nSPS) is 10.7. The molecule has 140 valence electrons. The van der Waals surface area contributed by atoms with Crippen LogP contribution >= 0.6 is 0 Å². The number of ether oxygens (including phenoxy) is 2. The average Bonchev–Trinajstić information content (AvgIpc) is 3.16. The lowest BCUT2D eigenvalue weighted by Gasteiger charge is -2.10. The molecule has 3 rings (SSSR count). The smallest absolute Gasteiger partial charge is 0.262 e. The maximum absolute atomic E-state index is 11.7. The van der Waals surface area contributed by atoms with Gasteiger partial charge in [0, 0.05) is 11.6 Å². The van der Waals surface area contributed by atoms with Crippen molar-refractivity contribution in [3.63, 3.8) is 0 Å². The summed E-state index contributed by atoms with van der Waals surface area (Å²) in [4.78, 5) is 16.2. The SMILES string of the molecule is COc1ccccc1-c1nc(-c2cccc(OCC(=O)NC(C)C)c2)no1. The van der Waals surface area contributed by atoms with Crippen molar-refractivity contribution < 1.29 is 18.8 Å². The van der Waals surface area contributed by atoms with Crippen LogP contribution in [0, 0.1) is 0 Å². The molecule has 0 bridgehead atoms. The molecule has 0 atom stereocenters. The number of carbonyl (C=O) groups excluding carboxylic acids is 1. The number of rotatable bonds is 7. The topological polar surface area (TPSA) is 86.5 Å². The maximum atomic E-state index is 11.7. The first-order valence-corrected chi connectivity index (χ1v) is 8.56. The molecule has 0 aliphatic rings. The van der Waals surface area contributed by atoms with Crippen molar-refractivity contribution in [3.8, 4) is 34.3 Å². The van der Waals surface area contributed by atoms with Crippen LogP contribution in [0.3, 0.4) is 0 Å². The number of hydrogen-bond acceptors (Lipinski definition) is 6. The Labute approximate surface area is 157 Å². The Morgan fingerprint density at radius 2 is 2.00 bits per heavy atom. The summed E-state index contributed by atoms with van der Waals surface area (Å²) in [7, 11) is 1.59. The van der Waals surface area contributed by atoms with Gasteiger partial charge in [-0.25, -0.2) is 0 Å². The van der Waals surface area contributed by atoms with Gasteiger partial charge < -0.3 is 19.3 Å². The van der Waals surface area contributed by atoms with Gasteiger partial charge in [0.2, 0.25) is 5.82 Å². The monoisotopic (exact) mass is 367 g/mol. The maximum Gasteiger partial charge on any atom is 0.262 e. The zero-order valence-corrected chi connectivity index (χ0v) is 15.4. The summed E-state index contributed by atoms with van der Waals surface area (Å²) in [6, 6.07) is 14.7. The fourth-order valence-corrected chi connectivity index (χ4v) is 2.51. The van der Waals surface area contributed by atoms with Crippen LogP contribution in [-0.4, -0.2) is 35.8 Å². The van der Waals surface area contributed by atoms with E-state index in [2.05, 4.69) is 15.5 Å². The molecular weight excluding hydrogens is 346 g/mol. The van der Waals surface area contributed by atoms with E-state index >= 15 is 0 Å². The lowest BCUT2D eigenvalue weighted by molar-refractivity contribution is -0.123. The van der Waals surface area contributed by atoms with E-state index in [1.54, 1.807) is 19.2 Å². The van der Waals surface area contributed by atoms with Crippen LogP contribution in [0.4, 0.5) is 0 Å². The number of amides is 1. The van der Waals surface area contributed by atoms with E-state index in [0.29, 0.717) is 23.2 Å². The molecule has 0 spiro atoms. The molecule has 7 nitrogen and oxygen atoms in total. The van der Waals surface area contributed by atoms with E-state index in [0.717, 1.165) is 11.1 Å². The molecule has 1 heterocycles. The second kappa shape index (κ2) is 8.35. The molecule has 1 amide bonds. The van der Waals surface area contributed by atoms with Crippen LogP contribution in [0.5, 0.6) is 11.5 Å². The molecule has 0 radical (unpaired) electrons.